The molecule has 2 aromatic rings. The fraction of sp³-hybridized carbons (Fsp3) is 0.294. The highest BCUT2D eigenvalue weighted by Crippen LogP contribution is 2.32. The van der Waals surface area contributed by atoms with Crippen molar-refractivity contribution in [2.45, 2.75) is 25.2 Å². The average molecular weight is 302 g/mol. The van der Waals surface area contributed by atoms with Gasteiger partial charge in [0.25, 0.3) is 0 Å². The van der Waals surface area contributed by atoms with E-state index in [9.17, 15) is 13.6 Å². The van der Waals surface area contributed by atoms with E-state index < -0.39 is 17.6 Å². The van der Waals surface area contributed by atoms with Crippen LogP contribution in [0.25, 0.3) is 0 Å². The molecule has 5 heteroatoms. The van der Waals surface area contributed by atoms with Crippen molar-refractivity contribution in [3.8, 4) is 0 Å². The van der Waals surface area contributed by atoms with Crippen molar-refractivity contribution < 1.29 is 13.6 Å². The number of hydrogen-bond acceptors (Lipinski definition) is 2. The first-order valence-electron chi connectivity index (χ1n) is 7.24. The van der Waals surface area contributed by atoms with E-state index in [2.05, 4.69) is 4.98 Å². The molecule has 114 valence electrons. The molecular formula is C17H16F2N2O. The summed E-state index contributed by atoms with van der Waals surface area (Å²) in [4.78, 5) is 18.2. The smallest absolute Gasteiger partial charge is 0.235 e. The average Bonchev–Trinajstić information content (AvgIpc) is 2.55. The minimum absolute atomic E-state index is 0.0481. The molecule has 1 aliphatic carbocycles. The van der Waals surface area contributed by atoms with E-state index in [1.165, 1.54) is 11.9 Å². The van der Waals surface area contributed by atoms with Gasteiger partial charge >= 0.3 is 0 Å². The number of nitrogens with zero attached hydrogens (tertiary/aromatic N) is 2. The summed E-state index contributed by atoms with van der Waals surface area (Å²) < 4.78 is 27.2. The van der Waals surface area contributed by atoms with Crippen LogP contribution in [0.3, 0.4) is 0 Å². The van der Waals surface area contributed by atoms with Gasteiger partial charge in [-0.25, -0.2) is 8.78 Å². The summed E-state index contributed by atoms with van der Waals surface area (Å²) in [5, 5.41) is 0. The number of halogens is 2. The van der Waals surface area contributed by atoms with Crippen LogP contribution < -0.4 is 4.90 Å². The lowest BCUT2D eigenvalue weighted by atomic mass is 9.85. The van der Waals surface area contributed by atoms with E-state index in [4.69, 9.17) is 0 Å². The zero-order valence-electron chi connectivity index (χ0n) is 12.2. The van der Waals surface area contributed by atoms with E-state index in [0.717, 1.165) is 42.3 Å². The Morgan fingerprint density at radius 1 is 1.32 bits per heavy atom. The molecule has 0 bridgehead atoms. The Labute approximate surface area is 127 Å². The van der Waals surface area contributed by atoms with Crippen LogP contribution in [0, 0.1) is 11.6 Å². The summed E-state index contributed by atoms with van der Waals surface area (Å²) in [6, 6.07) is 6.91. The number of fused-ring (bicyclic) bond motifs is 1. The fourth-order valence-electron chi connectivity index (χ4n) is 2.95. The lowest BCUT2D eigenvalue weighted by Crippen LogP contribution is -2.34. The second-order valence-electron chi connectivity index (χ2n) is 5.49. The molecule has 0 fully saturated rings. The van der Waals surface area contributed by atoms with E-state index in [0.29, 0.717) is 6.42 Å². The number of aryl methyl sites for hydroxylation is 1. The van der Waals surface area contributed by atoms with E-state index in [1.807, 2.05) is 12.1 Å². The summed E-state index contributed by atoms with van der Waals surface area (Å²) in [7, 11) is 1.47. The summed E-state index contributed by atoms with van der Waals surface area (Å²) in [6.45, 7) is 0. The molecule has 0 aliphatic heterocycles. The molecule has 0 radical (unpaired) electrons. The molecule has 22 heavy (non-hydrogen) atoms. The van der Waals surface area contributed by atoms with Crippen LogP contribution in [0.5, 0.6) is 0 Å². The van der Waals surface area contributed by atoms with Crippen LogP contribution in [0.2, 0.25) is 0 Å². The van der Waals surface area contributed by atoms with Gasteiger partial charge in [0.2, 0.25) is 5.91 Å². The number of likely N-dealkylation sites (N-methyl/N-ethyl adjacent to an activating group) is 1. The van der Waals surface area contributed by atoms with Crippen molar-refractivity contribution in [1.29, 1.82) is 0 Å². The second kappa shape index (κ2) is 5.83. The van der Waals surface area contributed by atoms with Gasteiger partial charge in [0.15, 0.2) is 0 Å². The molecule has 0 saturated heterocycles. The predicted molar refractivity (Wildman–Crippen MR) is 79.7 cm³/mol. The zero-order chi connectivity index (χ0) is 15.7. The van der Waals surface area contributed by atoms with Crippen molar-refractivity contribution in [2.75, 3.05) is 11.9 Å². The predicted octanol–water partition coefficient (Wildman–Crippen LogP) is 3.44. The van der Waals surface area contributed by atoms with Gasteiger partial charge in [-0.15, -0.1) is 0 Å². The molecule has 3 nitrogen and oxygen atoms in total. The lowest BCUT2D eigenvalue weighted by molar-refractivity contribution is -0.120. The Bertz CT molecular complexity index is 718. The van der Waals surface area contributed by atoms with Gasteiger partial charge < -0.3 is 4.90 Å². The highest BCUT2D eigenvalue weighted by atomic mass is 19.1. The number of carbonyl (C=O) groups excluding carboxylic acids is 1. The third-order valence-corrected chi connectivity index (χ3v) is 4.09. The molecule has 1 heterocycles. The molecule has 3 rings (SSSR count). The topological polar surface area (TPSA) is 33.2 Å². The summed E-state index contributed by atoms with van der Waals surface area (Å²) in [5.74, 6) is -1.85. The number of hydrogen-bond donors (Lipinski definition) is 0. The molecule has 0 unspecified atom stereocenters. The third-order valence-electron chi connectivity index (χ3n) is 4.09. The van der Waals surface area contributed by atoms with Gasteiger partial charge in [0.05, 0.1) is 17.3 Å². The van der Waals surface area contributed by atoms with Crippen LogP contribution in [-0.4, -0.2) is 17.9 Å². The maximum atomic E-state index is 13.9. The first-order chi connectivity index (χ1) is 10.6. The first kappa shape index (κ1) is 14.6. The third kappa shape index (κ3) is 2.58. The number of carbonyl (C=O) groups is 1. The van der Waals surface area contributed by atoms with Crippen LogP contribution >= 0.6 is 0 Å². The standard InChI is InChI=1S/C17H16F2N2O/c1-21(15-10-12(18)7-8-14(15)19)17(22)13-6-2-4-11-5-3-9-20-16(11)13/h3,5,7-10,13H,2,4,6H2,1H3/t13-/m0/s1. The molecular weight excluding hydrogens is 286 g/mol. The fourth-order valence-corrected chi connectivity index (χ4v) is 2.95. The van der Waals surface area contributed by atoms with Crippen LogP contribution in [-0.2, 0) is 11.2 Å². The molecule has 0 spiro atoms. The Balaban J connectivity index is 1.93. The normalized spacial score (nSPS) is 17.0. The van der Waals surface area contributed by atoms with Crippen molar-refractivity contribution >= 4 is 11.6 Å². The number of pyridine rings is 1. The summed E-state index contributed by atoms with van der Waals surface area (Å²) in [5.41, 5.74) is 1.76. The van der Waals surface area contributed by atoms with Crippen molar-refractivity contribution in [3.05, 3.63) is 59.4 Å². The van der Waals surface area contributed by atoms with Crippen molar-refractivity contribution in [3.63, 3.8) is 0 Å². The second-order valence-corrected chi connectivity index (χ2v) is 5.49. The number of rotatable bonds is 2. The van der Waals surface area contributed by atoms with Crippen molar-refractivity contribution in [2.24, 2.45) is 0 Å². The van der Waals surface area contributed by atoms with Gasteiger partial charge in [0.1, 0.15) is 11.6 Å². The van der Waals surface area contributed by atoms with Gasteiger partial charge in [-0.3, -0.25) is 9.78 Å². The Kier molecular flexibility index (Phi) is 3.88. The highest BCUT2D eigenvalue weighted by Gasteiger charge is 2.31. The Hall–Kier alpha value is -2.30. The summed E-state index contributed by atoms with van der Waals surface area (Å²) >= 11 is 0. The lowest BCUT2D eigenvalue weighted by Gasteiger charge is -2.28. The minimum Gasteiger partial charge on any atom is -0.312 e. The first-order valence-corrected chi connectivity index (χ1v) is 7.24. The van der Waals surface area contributed by atoms with E-state index >= 15 is 0 Å². The molecule has 1 aliphatic rings. The number of anilines is 1. The highest BCUT2D eigenvalue weighted by molar-refractivity contribution is 5.97. The van der Waals surface area contributed by atoms with Gasteiger partial charge in [-0.2, -0.15) is 0 Å². The SMILES string of the molecule is CN(C(=O)[C@H]1CCCc2cccnc21)c1cc(F)ccc1F. The molecule has 1 amide bonds. The Morgan fingerprint density at radius 2 is 2.14 bits per heavy atom. The maximum Gasteiger partial charge on any atom is 0.235 e. The number of amides is 1. The number of aromatic nitrogens is 1. The van der Waals surface area contributed by atoms with E-state index in [1.54, 1.807) is 6.20 Å². The van der Waals surface area contributed by atoms with Crippen LogP contribution in [0.15, 0.2) is 36.5 Å². The molecule has 1 atom stereocenters. The van der Waals surface area contributed by atoms with Gasteiger partial charge in [0, 0.05) is 19.3 Å². The zero-order valence-corrected chi connectivity index (χ0v) is 12.2. The largest absolute Gasteiger partial charge is 0.312 e. The van der Waals surface area contributed by atoms with E-state index in [-0.39, 0.29) is 11.6 Å². The van der Waals surface area contributed by atoms with Crippen LogP contribution in [0.1, 0.15) is 30.0 Å². The maximum absolute atomic E-state index is 13.9. The summed E-state index contributed by atoms with van der Waals surface area (Å²) in [6.07, 6.45) is 4.11. The van der Waals surface area contributed by atoms with Gasteiger partial charge in [-0.05, 0) is 43.0 Å². The Morgan fingerprint density at radius 3 is 2.95 bits per heavy atom. The molecule has 1 aromatic heterocycles. The monoisotopic (exact) mass is 302 g/mol. The quantitative estimate of drug-likeness (QED) is 0.851. The molecule has 1 aromatic carbocycles. The molecule has 0 N–H and O–H groups in total. The number of benzene rings is 1. The molecule has 0 saturated carbocycles. The van der Waals surface area contributed by atoms with Crippen LogP contribution in [0.4, 0.5) is 14.5 Å². The minimum atomic E-state index is -0.616. The van der Waals surface area contributed by atoms with Gasteiger partial charge in [-0.1, -0.05) is 6.07 Å². The van der Waals surface area contributed by atoms with Crippen molar-refractivity contribution in [1.82, 2.24) is 4.98 Å².